The van der Waals surface area contributed by atoms with Crippen molar-refractivity contribution in [3.8, 4) is 0 Å². The van der Waals surface area contributed by atoms with Gasteiger partial charge >= 0.3 is 0 Å². The van der Waals surface area contributed by atoms with Gasteiger partial charge in [-0.1, -0.05) is 23.8 Å². The van der Waals surface area contributed by atoms with E-state index in [1.54, 1.807) is 0 Å². The van der Waals surface area contributed by atoms with E-state index in [4.69, 9.17) is 5.73 Å². The van der Waals surface area contributed by atoms with Crippen LogP contribution in [0.2, 0.25) is 0 Å². The smallest absolute Gasteiger partial charge is 0.258 e. The predicted molar refractivity (Wildman–Crippen MR) is 86.8 cm³/mol. The van der Waals surface area contributed by atoms with Crippen molar-refractivity contribution < 1.29 is 4.79 Å². The molecule has 0 bridgehead atoms. The van der Waals surface area contributed by atoms with Gasteiger partial charge in [0.15, 0.2) is 0 Å². The second-order valence-electron chi connectivity index (χ2n) is 5.77. The number of benzene rings is 2. The van der Waals surface area contributed by atoms with Gasteiger partial charge in [0.25, 0.3) is 5.91 Å². The maximum Gasteiger partial charge on any atom is 0.258 e. The number of nitrogens with two attached hydrogens (primary N) is 1. The van der Waals surface area contributed by atoms with Crippen molar-refractivity contribution in [2.45, 2.75) is 26.7 Å². The van der Waals surface area contributed by atoms with Gasteiger partial charge in [0.1, 0.15) is 0 Å². The predicted octanol–water partition coefficient (Wildman–Crippen LogP) is 3.48. The molecule has 21 heavy (non-hydrogen) atoms. The van der Waals surface area contributed by atoms with Crippen LogP contribution in [0.3, 0.4) is 0 Å². The molecule has 0 unspecified atom stereocenters. The molecular weight excluding hydrogens is 260 g/mol. The zero-order valence-corrected chi connectivity index (χ0v) is 12.5. The minimum Gasteiger partial charge on any atom is -0.399 e. The highest BCUT2D eigenvalue weighted by Gasteiger charge is 2.24. The minimum atomic E-state index is 0.0720. The standard InChI is InChI=1S/C18H20N2O/c1-12-5-6-13(2)16(10-12)18(21)20-9-3-4-14-7-8-15(19)11-17(14)20/h5-8,10-11H,3-4,9,19H2,1-2H3. The van der Waals surface area contributed by atoms with E-state index in [0.717, 1.165) is 41.8 Å². The van der Waals surface area contributed by atoms with E-state index >= 15 is 0 Å². The first-order chi connectivity index (χ1) is 10.1. The number of hydrogen-bond acceptors (Lipinski definition) is 2. The lowest BCUT2D eigenvalue weighted by Crippen LogP contribution is -2.36. The summed E-state index contributed by atoms with van der Waals surface area (Å²) in [6.45, 7) is 4.75. The number of anilines is 2. The van der Waals surface area contributed by atoms with Crippen molar-refractivity contribution in [3.63, 3.8) is 0 Å². The Bertz CT molecular complexity index is 706. The molecule has 2 aromatic rings. The molecule has 3 nitrogen and oxygen atoms in total. The normalized spacial score (nSPS) is 13.9. The Kier molecular flexibility index (Phi) is 3.42. The number of nitrogen functional groups attached to an aromatic ring is 1. The van der Waals surface area contributed by atoms with E-state index in [0.29, 0.717) is 5.69 Å². The average Bonchev–Trinajstić information content (AvgIpc) is 2.48. The van der Waals surface area contributed by atoms with Gasteiger partial charge in [-0.2, -0.15) is 0 Å². The van der Waals surface area contributed by atoms with Crippen LogP contribution in [0.25, 0.3) is 0 Å². The summed E-state index contributed by atoms with van der Waals surface area (Å²) >= 11 is 0. The van der Waals surface area contributed by atoms with E-state index in [9.17, 15) is 4.79 Å². The Morgan fingerprint density at radius 2 is 1.95 bits per heavy atom. The van der Waals surface area contributed by atoms with Crippen molar-refractivity contribution in [1.82, 2.24) is 0 Å². The lowest BCUT2D eigenvalue weighted by atomic mass is 9.98. The molecule has 0 saturated carbocycles. The van der Waals surface area contributed by atoms with Crippen molar-refractivity contribution in [3.05, 3.63) is 58.7 Å². The molecule has 108 valence electrons. The fourth-order valence-electron chi connectivity index (χ4n) is 2.91. The highest BCUT2D eigenvalue weighted by atomic mass is 16.2. The van der Waals surface area contributed by atoms with Crippen LogP contribution in [0.5, 0.6) is 0 Å². The van der Waals surface area contributed by atoms with Gasteiger partial charge in [0, 0.05) is 23.5 Å². The third kappa shape index (κ3) is 2.51. The van der Waals surface area contributed by atoms with Gasteiger partial charge < -0.3 is 10.6 Å². The first kappa shape index (κ1) is 13.7. The zero-order chi connectivity index (χ0) is 15.0. The Morgan fingerprint density at radius 3 is 2.76 bits per heavy atom. The Balaban J connectivity index is 2.04. The summed E-state index contributed by atoms with van der Waals surface area (Å²) in [7, 11) is 0. The molecule has 0 spiro atoms. The van der Waals surface area contributed by atoms with Crippen LogP contribution in [0.1, 0.15) is 33.5 Å². The van der Waals surface area contributed by atoms with Gasteiger partial charge in [0.05, 0.1) is 0 Å². The van der Waals surface area contributed by atoms with E-state index in [1.165, 1.54) is 5.56 Å². The second kappa shape index (κ2) is 5.24. The number of amides is 1. The average molecular weight is 280 g/mol. The second-order valence-corrected chi connectivity index (χ2v) is 5.77. The summed E-state index contributed by atoms with van der Waals surface area (Å²) in [5.41, 5.74) is 11.7. The maximum absolute atomic E-state index is 12.9. The molecule has 1 heterocycles. The van der Waals surface area contributed by atoms with E-state index in [-0.39, 0.29) is 5.91 Å². The molecule has 1 aliphatic rings. The minimum absolute atomic E-state index is 0.0720. The molecule has 0 saturated heterocycles. The molecule has 3 rings (SSSR count). The topological polar surface area (TPSA) is 46.3 Å². The number of carbonyl (C=O) groups is 1. The van der Waals surface area contributed by atoms with Crippen LogP contribution < -0.4 is 10.6 Å². The summed E-state index contributed by atoms with van der Waals surface area (Å²) in [4.78, 5) is 14.8. The maximum atomic E-state index is 12.9. The van der Waals surface area contributed by atoms with Gasteiger partial charge in [-0.3, -0.25) is 4.79 Å². The number of fused-ring (bicyclic) bond motifs is 1. The number of carbonyl (C=O) groups excluding carboxylic acids is 1. The molecule has 1 aliphatic heterocycles. The summed E-state index contributed by atoms with van der Waals surface area (Å²) < 4.78 is 0. The molecule has 0 aliphatic carbocycles. The molecular formula is C18H20N2O. The van der Waals surface area contributed by atoms with Gasteiger partial charge in [0.2, 0.25) is 0 Å². The van der Waals surface area contributed by atoms with Gasteiger partial charge in [-0.25, -0.2) is 0 Å². The van der Waals surface area contributed by atoms with Crippen molar-refractivity contribution >= 4 is 17.3 Å². The highest BCUT2D eigenvalue weighted by Crippen LogP contribution is 2.30. The van der Waals surface area contributed by atoms with Gasteiger partial charge in [-0.15, -0.1) is 0 Å². The van der Waals surface area contributed by atoms with Crippen LogP contribution in [0.4, 0.5) is 11.4 Å². The Labute approximate surface area is 125 Å². The summed E-state index contributed by atoms with van der Waals surface area (Å²) in [5.74, 6) is 0.0720. The van der Waals surface area contributed by atoms with Crippen molar-refractivity contribution in [2.24, 2.45) is 0 Å². The van der Waals surface area contributed by atoms with Crippen LogP contribution in [0, 0.1) is 13.8 Å². The quantitative estimate of drug-likeness (QED) is 0.813. The van der Waals surface area contributed by atoms with Crippen LogP contribution in [0.15, 0.2) is 36.4 Å². The van der Waals surface area contributed by atoms with E-state index in [2.05, 4.69) is 0 Å². The molecule has 0 fully saturated rings. The fraction of sp³-hybridized carbons (Fsp3) is 0.278. The lowest BCUT2D eigenvalue weighted by molar-refractivity contribution is 0.0984. The summed E-state index contributed by atoms with van der Waals surface area (Å²) in [6, 6.07) is 11.9. The summed E-state index contributed by atoms with van der Waals surface area (Å²) in [5, 5.41) is 0. The van der Waals surface area contributed by atoms with Crippen molar-refractivity contribution in [2.75, 3.05) is 17.2 Å². The molecule has 2 aromatic carbocycles. The number of nitrogens with zero attached hydrogens (tertiary/aromatic N) is 1. The Hall–Kier alpha value is -2.29. The van der Waals surface area contributed by atoms with Crippen LogP contribution >= 0.6 is 0 Å². The monoisotopic (exact) mass is 280 g/mol. The highest BCUT2D eigenvalue weighted by molar-refractivity contribution is 6.08. The molecule has 3 heteroatoms. The SMILES string of the molecule is Cc1ccc(C)c(C(=O)N2CCCc3ccc(N)cc32)c1. The summed E-state index contributed by atoms with van der Waals surface area (Å²) in [6.07, 6.45) is 2.00. The first-order valence-electron chi connectivity index (χ1n) is 7.34. The fourth-order valence-corrected chi connectivity index (χ4v) is 2.91. The number of rotatable bonds is 1. The third-order valence-electron chi connectivity index (χ3n) is 4.10. The van der Waals surface area contributed by atoms with Crippen LogP contribution in [-0.2, 0) is 6.42 Å². The molecule has 2 N–H and O–H groups in total. The van der Waals surface area contributed by atoms with E-state index in [1.807, 2.05) is 55.1 Å². The molecule has 0 aromatic heterocycles. The number of hydrogen-bond donors (Lipinski definition) is 1. The number of aryl methyl sites for hydroxylation is 3. The molecule has 1 amide bonds. The van der Waals surface area contributed by atoms with Crippen molar-refractivity contribution in [1.29, 1.82) is 0 Å². The molecule has 0 radical (unpaired) electrons. The lowest BCUT2D eigenvalue weighted by Gasteiger charge is -2.30. The van der Waals surface area contributed by atoms with E-state index < -0.39 is 0 Å². The Morgan fingerprint density at radius 1 is 1.14 bits per heavy atom. The van der Waals surface area contributed by atoms with Gasteiger partial charge in [-0.05, 0) is 56.0 Å². The van der Waals surface area contributed by atoms with Crippen LogP contribution in [-0.4, -0.2) is 12.5 Å². The molecule has 0 atom stereocenters. The zero-order valence-electron chi connectivity index (χ0n) is 12.5. The first-order valence-corrected chi connectivity index (χ1v) is 7.34. The third-order valence-corrected chi connectivity index (χ3v) is 4.10. The largest absolute Gasteiger partial charge is 0.399 e.